The average molecular weight is 342 g/mol. The number of fused-ring (bicyclic) bond motifs is 3. The zero-order chi connectivity index (χ0) is 12.3. The van der Waals surface area contributed by atoms with E-state index in [1.54, 1.807) is 0 Å². The van der Waals surface area contributed by atoms with Crippen LogP contribution >= 0.6 is 0 Å². The van der Waals surface area contributed by atoms with Gasteiger partial charge in [-0.2, -0.15) is 0 Å². The molecule has 0 nitrogen and oxygen atoms in total. The van der Waals surface area contributed by atoms with Crippen LogP contribution in [-0.4, -0.2) is 6.19 Å². The maximum absolute atomic E-state index is 2.27. The molecule has 0 aromatic heterocycles. The summed E-state index contributed by atoms with van der Waals surface area (Å²) in [6.45, 7) is 4.54. The molecule has 19 heavy (non-hydrogen) atoms. The maximum atomic E-state index is 2.27. The molecule has 0 unspecified atom stereocenters. The fraction of sp³-hybridized carbons (Fsp3) is 0.133. The fourth-order valence-corrected chi connectivity index (χ4v) is 1.90. The molecule has 0 saturated carbocycles. The molecule has 3 aromatic rings. The largest absolute Gasteiger partial charge is 1.00 e. The summed E-state index contributed by atoms with van der Waals surface area (Å²) in [6.07, 6.45) is 0.120. The summed E-state index contributed by atoms with van der Waals surface area (Å²) in [6, 6.07) is 19.3. The number of halogens is 2. The van der Waals surface area contributed by atoms with Gasteiger partial charge in [0.1, 0.15) is 0 Å². The molecule has 98 valence electrons. The van der Waals surface area contributed by atoms with E-state index >= 15 is 0 Å². The van der Waals surface area contributed by atoms with E-state index in [1.165, 1.54) is 21.5 Å². The van der Waals surface area contributed by atoms with E-state index in [-0.39, 0.29) is 31.0 Å². The molecule has 0 atom stereocenters. The Kier molecular flexibility index (Phi) is 8.80. The second kappa shape index (κ2) is 8.89. The summed E-state index contributed by atoms with van der Waals surface area (Å²) in [5.74, 6) is 0. The van der Waals surface area contributed by atoms with Crippen LogP contribution in [0.5, 0.6) is 0 Å². The van der Waals surface area contributed by atoms with Crippen LogP contribution in [-0.2, 0) is 19.2 Å². The molecule has 0 aliphatic heterocycles. The van der Waals surface area contributed by atoms with E-state index in [0.717, 1.165) is 0 Å². The molecule has 0 saturated heterocycles. The third kappa shape index (κ3) is 5.02. The van der Waals surface area contributed by atoms with Crippen LogP contribution in [0.15, 0.2) is 54.6 Å². The Morgan fingerprint density at radius 2 is 1.11 bits per heavy atom. The molecule has 0 heterocycles. The van der Waals surface area contributed by atoms with E-state index in [2.05, 4.69) is 86.9 Å². The Balaban J connectivity index is 0.000000486. The minimum atomic E-state index is 0. The fourth-order valence-electron chi connectivity index (χ4n) is 1.90. The van der Waals surface area contributed by atoms with Gasteiger partial charge in [0.2, 0.25) is 0 Å². The van der Waals surface area contributed by atoms with E-state index < -0.39 is 0 Å². The summed E-state index contributed by atoms with van der Waals surface area (Å²) < 4.78 is 0. The van der Waals surface area contributed by atoms with Gasteiger partial charge >= 0.3 is 38.5 Å². The van der Waals surface area contributed by atoms with Gasteiger partial charge in [-0.05, 0) is 0 Å². The Labute approximate surface area is 139 Å². The Morgan fingerprint density at radius 3 is 1.47 bits per heavy atom. The van der Waals surface area contributed by atoms with Crippen molar-refractivity contribution < 1.29 is 44.0 Å². The van der Waals surface area contributed by atoms with Crippen LogP contribution in [0.2, 0.25) is 13.1 Å². The van der Waals surface area contributed by atoms with Crippen molar-refractivity contribution in [1.29, 1.82) is 0 Å². The Morgan fingerprint density at radius 1 is 0.789 bits per heavy atom. The summed E-state index contributed by atoms with van der Waals surface area (Å²) in [5, 5.41) is 5.39. The summed E-state index contributed by atoms with van der Waals surface area (Å²) in [7, 11) is 0. The third-order valence-corrected chi connectivity index (χ3v) is 2.52. The molecule has 3 aromatic carbocycles. The molecule has 0 spiro atoms. The van der Waals surface area contributed by atoms with Gasteiger partial charge in [-0.15, -0.1) is 39.7 Å². The van der Waals surface area contributed by atoms with Crippen molar-refractivity contribution in [3.63, 3.8) is 0 Å². The second-order valence-electron chi connectivity index (χ2n) is 4.32. The molecular formula is C15H15Cl2SiTi-. The first-order valence-corrected chi connectivity index (χ1v) is 10.6. The first kappa shape index (κ1) is 18.8. The number of hydrogen-bond acceptors (Lipinski definition) is 0. The monoisotopic (exact) mass is 341 g/mol. The van der Waals surface area contributed by atoms with Gasteiger partial charge in [-0.1, -0.05) is 36.4 Å². The molecular weight excluding hydrogens is 327 g/mol. The number of rotatable bonds is 0. The second-order valence-corrected chi connectivity index (χ2v) is 11.0. The number of hydrogen-bond donors (Lipinski definition) is 0. The molecule has 0 fully saturated rings. The summed E-state index contributed by atoms with van der Waals surface area (Å²) in [4.78, 5) is 0. The summed E-state index contributed by atoms with van der Waals surface area (Å²) in [5.41, 5.74) is 0. The zero-order valence-electron chi connectivity index (χ0n) is 11.0. The van der Waals surface area contributed by atoms with Gasteiger partial charge in [0.15, 0.2) is 0 Å². The molecule has 3 rings (SSSR count). The van der Waals surface area contributed by atoms with Crippen LogP contribution in [0, 0.1) is 0 Å². The first-order chi connectivity index (χ1) is 8.18. The van der Waals surface area contributed by atoms with Gasteiger partial charge in [-0.3, -0.25) is 0 Å². The van der Waals surface area contributed by atoms with E-state index in [0.29, 0.717) is 0 Å². The third-order valence-electron chi connectivity index (χ3n) is 2.52. The minimum absolute atomic E-state index is 0. The van der Waals surface area contributed by atoms with E-state index in [1.807, 2.05) is 0 Å². The van der Waals surface area contributed by atoms with E-state index in [9.17, 15) is 0 Å². The van der Waals surface area contributed by atoms with Crippen molar-refractivity contribution in [2.24, 2.45) is 0 Å². The molecule has 4 heteroatoms. The van der Waals surface area contributed by atoms with Gasteiger partial charge in [0, 0.05) is 0 Å². The van der Waals surface area contributed by atoms with Crippen molar-refractivity contribution in [1.82, 2.24) is 0 Å². The Hall–Kier alpha value is -0.179. The van der Waals surface area contributed by atoms with Crippen LogP contribution in [0.3, 0.4) is 0 Å². The predicted molar refractivity (Wildman–Crippen MR) is 74.5 cm³/mol. The van der Waals surface area contributed by atoms with Crippen LogP contribution in [0.4, 0.5) is 0 Å². The smallest absolute Gasteiger partial charge is 0.0771 e. The van der Waals surface area contributed by atoms with Gasteiger partial charge in [-0.25, -0.2) is 0 Å². The topological polar surface area (TPSA) is 0 Å². The normalized spacial score (nSPS) is 9.05. The minimum Gasteiger partial charge on any atom is -1.00 e. The van der Waals surface area contributed by atoms with Crippen molar-refractivity contribution in [2.45, 2.75) is 13.1 Å². The summed E-state index contributed by atoms with van der Waals surface area (Å²) >= 11 is 2.27. The molecule has 0 N–H and O–H groups in total. The van der Waals surface area contributed by atoms with Gasteiger partial charge in [0.25, 0.3) is 0 Å². The van der Waals surface area contributed by atoms with Crippen LogP contribution < -0.4 is 24.8 Å². The Bertz CT molecular complexity index is 607. The average Bonchev–Trinajstić information content (AvgIpc) is 2.66. The molecule has 0 bridgehead atoms. The molecule has 0 aliphatic carbocycles. The standard InChI is InChI=1S/C13H9.C2H6Si.2ClH.Ti/c1-3-7-12-10(5-1)9-11-6-2-4-8-13(11)12;1-3-2;;;/h1-9H;1-2H3;2*1H;/q-1;;;;+2/p-2. The van der Waals surface area contributed by atoms with Crippen LogP contribution in [0.1, 0.15) is 0 Å². The first-order valence-electron chi connectivity index (χ1n) is 5.73. The van der Waals surface area contributed by atoms with Gasteiger partial charge in [0.05, 0.1) is 0 Å². The quantitative estimate of drug-likeness (QED) is 0.345. The van der Waals surface area contributed by atoms with Gasteiger partial charge < -0.3 is 24.8 Å². The molecule has 0 amide bonds. The van der Waals surface area contributed by atoms with Crippen molar-refractivity contribution in [3.05, 3.63) is 54.6 Å². The molecule has 0 aliphatic rings. The van der Waals surface area contributed by atoms with Crippen molar-refractivity contribution in [2.75, 3.05) is 0 Å². The molecule has 0 radical (unpaired) electrons. The van der Waals surface area contributed by atoms with Crippen molar-refractivity contribution in [3.8, 4) is 0 Å². The van der Waals surface area contributed by atoms with E-state index in [4.69, 9.17) is 0 Å². The zero-order valence-corrected chi connectivity index (χ0v) is 15.0. The maximum Gasteiger partial charge on any atom is -0.0771 e. The SMILES string of the molecule is C[Si](C)=[Ti+2].[Cl-].[Cl-].c1ccc2c(c1)[cH-]c1ccccc12. The predicted octanol–water partition coefficient (Wildman–Crippen LogP) is -1.50. The van der Waals surface area contributed by atoms with Crippen LogP contribution in [0.25, 0.3) is 21.5 Å². The number of benzene rings is 2. The van der Waals surface area contributed by atoms with Crippen molar-refractivity contribution >= 4 is 27.7 Å².